The number of hydrogen-bond acceptors (Lipinski definition) is 8. The van der Waals surface area contributed by atoms with Gasteiger partial charge in [-0.2, -0.15) is 0 Å². The molecule has 10 nitrogen and oxygen atoms in total. The molecule has 3 atom stereocenters. The van der Waals surface area contributed by atoms with Crippen molar-refractivity contribution in [3.63, 3.8) is 0 Å². The quantitative estimate of drug-likeness (QED) is 0.257. The van der Waals surface area contributed by atoms with Crippen molar-refractivity contribution in [3.05, 3.63) is 39.7 Å². The third-order valence-electron chi connectivity index (χ3n) is 6.94. The van der Waals surface area contributed by atoms with Crippen molar-refractivity contribution in [1.29, 1.82) is 0 Å². The summed E-state index contributed by atoms with van der Waals surface area (Å²) < 4.78 is 0. The number of anilines is 1. The maximum absolute atomic E-state index is 13.5. The van der Waals surface area contributed by atoms with Crippen molar-refractivity contribution >= 4 is 28.9 Å². The maximum Gasteiger partial charge on any atom is 0.255 e. The number of aromatic hydroxyl groups is 1. The summed E-state index contributed by atoms with van der Waals surface area (Å²) in [5, 5.41) is 39.2. The van der Waals surface area contributed by atoms with Gasteiger partial charge in [-0.25, -0.2) is 0 Å². The van der Waals surface area contributed by atoms with Gasteiger partial charge in [-0.15, -0.1) is 0 Å². The molecule has 0 heterocycles. The highest BCUT2D eigenvalue weighted by Gasteiger charge is 2.51. The largest absolute Gasteiger partial charge is 0.511 e. The zero-order chi connectivity index (χ0) is 24.2. The van der Waals surface area contributed by atoms with Crippen LogP contribution in [0.4, 0.5) is 5.69 Å². The number of primary amides is 1. The molecule has 0 spiro atoms. The van der Waals surface area contributed by atoms with E-state index in [0.29, 0.717) is 30.5 Å². The molecule has 0 saturated heterocycles. The summed E-state index contributed by atoms with van der Waals surface area (Å²) in [5.74, 6) is -5.22. The van der Waals surface area contributed by atoms with Crippen LogP contribution in [0.15, 0.2) is 23.0 Å². The average molecular weight is 510 g/mol. The topological polar surface area (TPSA) is 193 Å². The second kappa shape index (κ2) is 11.1. The zero-order valence-electron chi connectivity index (χ0n) is 19.4. The standard InChI is InChI=1S/C24H29N3O6.2CH4.H2O.2H2/c1-9(2)27-8-12-6-14(26-3)13-5-10-4-11-7-15(28)19(24(25)33)23(32)17(11)21(30)16(10)22(31)18(13)20(12)29;;;;;/h6,9-11,17,26-27,29,31-32H,4-5,7-8H2,1-3H3,(H2,25,33);2*1H4;1H2;2*1H. The number of benzene rings is 1. The predicted octanol–water partition coefficient (Wildman–Crippen LogP) is 2.79. The Bertz CT molecular complexity index is 1150. The minimum atomic E-state index is -1.11. The van der Waals surface area contributed by atoms with Crippen molar-refractivity contribution in [2.45, 2.75) is 60.5 Å². The fourth-order valence-corrected chi connectivity index (χ4v) is 5.44. The molecule has 1 aromatic rings. The molecule has 3 unspecified atom stereocenters. The van der Waals surface area contributed by atoms with Gasteiger partial charge in [0.25, 0.3) is 5.91 Å². The summed E-state index contributed by atoms with van der Waals surface area (Å²) in [6.45, 7) is 4.32. The number of hydrogen-bond donors (Lipinski definition) is 6. The third-order valence-corrected chi connectivity index (χ3v) is 6.94. The number of nitrogens with one attached hydrogen (secondary N) is 2. The van der Waals surface area contributed by atoms with Crippen LogP contribution < -0.4 is 16.4 Å². The van der Waals surface area contributed by atoms with Crippen LogP contribution in [0, 0.1) is 17.8 Å². The van der Waals surface area contributed by atoms with E-state index >= 15 is 0 Å². The Morgan fingerprint density at radius 2 is 1.83 bits per heavy atom. The Hall–Kier alpha value is -3.37. The SMILES string of the molecule is C.C.CNc1cc(CNC(C)C)c(O)c2c1CC1CC3CC(=O)C(C(N)=O)=C(O)C3C(=O)C1=C2O.O.[HH].[HH]. The maximum atomic E-state index is 13.5. The Morgan fingerprint density at radius 3 is 2.39 bits per heavy atom. The van der Waals surface area contributed by atoms with Gasteiger partial charge in [0.1, 0.15) is 22.8 Å². The van der Waals surface area contributed by atoms with Gasteiger partial charge in [0.2, 0.25) is 0 Å². The fraction of sp³-hybridized carbons (Fsp3) is 0.500. The number of phenols is 1. The summed E-state index contributed by atoms with van der Waals surface area (Å²) in [7, 11) is 1.75. The molecule has 1 aromatic carbocycles. The first kappa shape index (κ1) is 30.7. The van der Waals surface area contributed by atoms with E-state index in [1.807, 2.05) is 19.9 Å². The summed E-state index contributed by atoms with van der Waals surface area (Å²) >= 11 is 0. The minimum absolute atomic E-state index is 0. The van der Waals surface area contributed by atoms with Crippen molar-refractivity contribution in [1.82, 2.24) is 5.32 Å². The Morgan fingerprint density at radius 1 is 1.19 bits per heavy atom. The van der Waals surface area contributed by atoms with Crippen LogP contribution in [0.5, 0.6) is 5.75 Å². The molecule has 0 aliphatic heterocycles. The van der Waals surface area contributed by atoms with E-state index in [1.165, 1.54) is 0 Å². The molecule has 3 aliphatic carbocycles. The highest BCUT2D eigenvalue weighted by atomic mass is 16.3. The minimum Gasteiger partial charge on any atom is -0.511 e. The van der Waals surface area contributed by atoms with Gasteiger partial charge in [0.15, 0.2) is 11.6 Å². The van der Waals surface area contributed by atoms with Crippen LogP contribution in [-0.2, 0) is 27.3 Å². The number of ketones is 2. The molecule has 0 radical (unpaired) electrons. The first-order valence-corrected chi connectivity index (χ1v) is 11.1. The molecular formula is C26H43N3O7. The number of allylic oxidation sites excluding steroid dienone is 2. The van der Waals surface area contributed by atoms with Crippen LogP contribution in [0.2, 0.25) is 0 Å². The second-order valence-electron chi connectivity index (χ2n) is 9.32. The molecule has 1 saturated carbocycles. The van der Waals surface area contributed by atoms with Gasteiger partial charge in [-0.05, 0) is 36.3 Å². The third kappa shape index (κ3) is 4.70. The Balaban J connectivity index is 0. The van der Waals surface area contributed by atoms with Crippen molar-refractivity contribution in [3.8, 4) is 5.75 Å². The normalized spacial score (nSPS) is 22.5. The fourth-order valence-electron chi connectivity index (χ4n) is 5.44. The number of phenolic OH excluding ortho intramolecular Hbond substituents is 1. The lowest BCUT2D eigenvalue weighted by Crippen LogP contribution is -2.44. The monoisotopic (exact) mass is 509 g/mol. The molecule has 1 fully saturated rings. The number of aliphatic hydroxyl groups is 2. The number of carbonyl (C=O) groups is 3. The number of rotatable bonds is 5. The predicted molar refractivity (Wildman–Crippen MR) is 143 cm³/mol. The van der Waals surface area contributed by atoms with Crippen LogP contribution >= 0.6 is 0 Å². The van der Waals surface area contributed by atoms with Gasteiger partial charge in [-0.3, -0.25) is 14.4 Å². The summed E-state index contributed by atoms with van der Waals surface area (Å²) in [6.07, 6.45) is 0.685. The van der Waals surface area contributed by atoms with Gasteiger partial charge in [-0.1, -0.05) is 28.7 Å². The Labute approximate surface area is 214 Å². The molecule has 4 rings (SSSR count). The van der Waals surface area contributed by atoms with E-state index in [2.05, 4.69) is 10.6 Å². The first-order valence-electron chi connectivity index (χ1n) is 11.1. The first-order chi connectivity index (χ1) is 15.6. The number of aliphatic hydroxyl groups excluding tert-OH is 2. The second-order valence-corrected chi connectivity index (χ2v) is 9.32. The number of amides is 1. The summed E-state index contributed by atoms with van der Waals surface area (Å²) in [5.41, 5.74) is 7.03. The van der Waals surface area contributed by atoms with Crippen LogP contribution in [-0.4, -0.2) is 51.4 Å². The van der Waals surface area contributed by atoms with Crippen molar-refractivity contribution in [2.24, 2.45) is 23.5 Å². The molecular weight excluding hydrogens is 466 g/mol. The summed E-state index contributed by atoms with van der Waals surface area (Å²) in [4.78, 5) is 37.6. The van der Waals surface area contributed by atoms with E-state index < -0.39 is 40.6 Å². The lowest BCUT2D eigenvalue weighted by Gasteiger charge is -2.41. The molecule has 10 heteroatoms. The summed E-state index contributed by atoms with van der Waals surface area (Å²) in [6, 6.07) is 2.00. The highest BCUT2D eigenvalue weighted by Crippen LogP contribution is 2.51. The van der Waals surface area contributed by atoms with E-state index in [-0.39, 0.29) is 64.2 Å². The zero-order valence-corrected chi connectivity index (χ0v) is 19.4. The van der Waals surface area contributed by atoms with Crippen LogP contribution in [0.25, 0.3) is 5.76 Å². The lowest BCUT2D eigenvalue weighted by molar-refractivity contribution is -0.127. The van der Waals surface area contributed by atoms with E-state index in [4.69, 9.17) is 5.73 Å². The van der Waals surface area contributed by atoms with Gasteiger partial charge in [0.05, 0.1) is 11.5 Å². The molecule has 36 heavy (non-hydrogen) atoms. The average Bonchev–Trinajstić information content (AvgIpc) is 2.72. The highest BCUT2D eigenvalue weighted by molar-refractivity contribution is 6.21. The molecule has 204 valence electrons. The number of fused-ring (bicyclic) bond motifs is 3. The van der Waals surface area contributed by atoms with Gasteiger partial charge >= 0.3 is 0 Å². The van der Waals surface area contributed by atoms with Crippen molar-refractivity contribution in [2.75, 3.05) is 12.4 Å². The Kier molecular flexibility index (Phi) is 9.48. The molecule has 9 N–H and O–H groups in total. The molecule has 1 amide bonds. The van der Waals surface area contributed by atoms with Crippen molar-refractivity contribution < 1.29 is 38.0 Å². The lowest BCUT2D eigenvalue weighted by atomic mass is 9.61. The molecule has 0 aromatic heterocycles. The molecule has 0 bridgehead atoms. The molecule has 3 aliphatic rings. The van der Waals surface area contributed by atoms with Crippen LogP contribution in [0.1, 0.15) is 61.1 Å². The van der Waals surface area contributed by atoms with Gasteiger partial charge in [0, 0.05) is 45.7 Å². The number of carbonyl (C=O) groups excluding carboxylic acids is 3. The smallest absolute Gasteiger partial charge is 0.255 e. The number of nitrogens with two attached hydrogens (primary N) is 1. The van der Waals surface area contributed by atoms with E-state index in [0.717, 1.165) is 5.69 Å². The number of Topliss-reactive ketones (excluding diaryl/α,β-unsaturated/α-hetero) is 2. The van der Waals surface area contributed by atoms with Crippen LogP contribution in [0.3, 0.4) is 0 Å². The van der Waals surface area contributed by atoms with Gasteiger partial charge < -0.3 is 37.2 Å². The van der Waals surface area contributed by atoms with E-state index in [1.54, 1.807) is 7.05 Å². The van der Waals surface area contributed by atoms with E-state index in [9.17, 15) is 29.7 Å².